The first-order valence-electron chi connectivity index (χ1n) is 5.77. The Balaban J connectivity index is 4.94. The predicted octanol–water partition coefficient (Wildman–Crippen LogP) is 1.99. The standard InChI is InChI=1S/C12H23NO3/c1-6-8-13(7-2)10(14)9(11(15)16)12(3,4)5/h9H,6-8H2,1-5H3,(H,15,16). The Kier molecular flexibility index (Phi) is 5.48. The zero-order chi connectivity index (χ0) is 12.9. The highest BCUT2D eigenvalue weighted by molar-refractivity contribution is 5.97. The fourth-order valence-electron chi connectivity index (χ4n) is 1.72. The van der Waals surface area contributed by atoms with E-state index in [4.69, 9.17) is 5.11 Å². The summed E-state index contributed by atoms with van der Waals surface area (Å²) >= 11 is 0. The molecular formula is C12H23NO3. The maximum Gasteiger partial charge on any atom is 0.316 e. The first-order chi connectivity index (χ1) is 7.25. The van der Waals surface area contributed by atoms with E-state index in [-0.39, 0.29) is 5.91 Å². The van der Waals surface area contributed by atoms with Crippen LogP contribution in [0.4, 0.5) is 0 Å². The van der Waals surface area contributed by atoms with Gasteiger partial charge in [0, 0.05) is 13.1 Å². The number of hydrogen-bond donors (Lipinski definition) is 1. The molecule has 0 saturated carbocycles. The van der Waals surface area contributed by atoms with E-state index in [1.165, 1.54) is 0 Å². The second-order valence-corrected chi connectivity index (χ2v) is 5.06. The van der Waals surface area contributed by atoms with Gasteiger partial charge in [-0.05, 0) is 18.8 Å². The van der Waals surface area contributed by atoms with Gasteiger partial charge >= 0.3 is 5.97 Å². The molecular weight excluding hydrogens is 206 g/mol. The van der Waals surface area contributed by atoms with Gasteiger partial charge in [-0.25, -0.2) is 0 Å². The number of carbonyl (C=O) groups is 2. The first-order valence-corrected chi connectivity index (χ1v) is 5.77. The van der Waals surface area contributed by atoms with Gasteiger partial charge in [-0.15, -0.1) is 0 Å². The minimum atomic E-state index is -1.04. The van der Waals surface area contributed by atoms with Gasteiger partial charge < -0.3 is 10.0 Å². The van der Waals surface area contributed by atoms with Crippen LogP contribution in [-0.4, -0.2) is 35.0 Å². The van der Waals surface area contributed by atoms with Crippen LogP contribution in [0.1, 0.15) is 41.0 Å². The molecule has 1 N–H and O–H groups in total. The van der Waals surface area contributed by atoms with E-state index < -0.39 is 17.3 Å². The van der Waals surface area contributed by atoms with Gasteiger partial charge in [-0.3, -0.25) is 9.59 Å². The molecule has 0 aromatic rings. The fourth-order valence-corrected chi connectivity index (χ4v) is 1.72. The summed E-state index contributed by atoms with van der Waals surface area (Å²) in [6, 6.07) is 0. The monoisotopic (exact) mass is 229 g/mol. The number of aliphatic carboxylic acids is 1. The molecule has 16 heavy (non-hydrogen) atoms. The molecule has 0 rings (SSSR count). The summed E-state index contributed by atoms with van der Waals surface area (Å²) in [5, 5.41) is 9.14. The van der Waals surface area contributed by atoms with Crippen molar-refractivity contribution in [3.63, 3.8) is 0 Å². The average Bonchev–Trinajstić information content (AvgIpc) is 2.10. The van der Waals surface area contributed by atoms with Crippen LogP contribution in [0.5, 0.6) is 0 Å². The molecule has 0 aliphatic carbocycles. The number of carbonyl (C=O) groups excluding carboxylic acids is 1. The van der Waals surface area contributed by atoms with E-state index >= 15 is 0 Å². The normalized spacial score (nSPS) is 13.3. The summed E-state index contributed by atoms with van der Waals surface area (Å²) in [4.78, 5) is 24.9. The Morgan fingerprint density at radius 1 is 1.25 bits per heavy atom. The summed E-state index contributed by atoms with van der Waals surface area (Å²) in [6.07, 6.45) is 0.843. The van der Waals surface area contributed by atoms with Crippen LogP contribution in [-0.2, 0) is 9.59 Å². The maximum atomic E-state index is 12.1. The second kappa shape index (κ2) is 5.87. The van der Waals surface area contributed by atoms with Crippen LogP contribution in [0, 0.1) is 11.3 Å². The highest BCUT2D eigenvalue weighted by Gasteiger charge is 2.39. The van der Waals surface area contributed by atoms with Crippen molar-refractivity contribution in [1.29, 1.82) is 0 Å². The van der Waals surface area contributed by atoms with E-state index in [1.54, 1.807) is 25.7 Å². The molecule has 4 heteroatoms. The molecule has 94 valence electrons. The van der Waals surface area contributed by atoms with E-state index in [1.807, 2.05) is 13.8 Å². The fraction of sp³-hybridized carbons (Fsp3) is 0.833. The van der Waals surface area contributed by atoms with E-state index in [0.717, 1.165) is 6.42 Å². The largest absolute Gasteiger partial charge is 0.481 e. The first kappa shape index (κ1) is 14.9. The molecule has 0 aliphatic heterocycles. The molecule has 0 heterocycles. The summed E-state index contributed by atoms with van der Waals surface area (Å²) in [5.41, 5.74) is -0.552. The van der Waals surface area contributed by atoms with Crippen molar-refractivity contribution in [2.45, 2.75) is 41.0 Å². The third-order valence-corrected chi connectivity index (χ3v) is 2.55. The van der Waals surface area contributed by atoms with Gasteiger partial charge in [-0.1, -0.05) is 27.7 Å². The Morgan fingerprint density at radius 3 is 2.00 bits per heavy atom. The number of carboxylic acids is 1. The maximum absolute atomic E-state index is 12.1. The lowest BCUT2D eigenvalue weighted by Gasteiger charge is -2.31. The van der Waals surface area contributed by atoms with Gasteiger partial charge in [0.25, 0.3) is 0 Å². The molecule has 0 bridgehead atoms. The zero-order valence-electron chi connectivity index (χ0n) is 10.9. The van der Waals surface area contributed by atoms with Gasteiger partial charge in [0.05, 0.1) is 0 Å². The van der Waals surface area contributed by atoms with Gasteiger partial charge in [-0.2, -0.15) is 0 Å². The molecule has 0 saturated heterocycles. The molecule has 0 aromatic carbocycles. The molecule has 0 fully saturated rings. The molecule has 0 spiro atoms. The van der Waals surface area contributed by atoms with E-state index in [9.17, 15) is 9.59 Å². The van der Waals surface area contributed by atoms with Crippen LogP contribution in [0.3, 0.4) is 0 Å². The number of carboxylic acid groups (broad SMARTS) is 1. The van der Waals surface area contributed by atoms with Crippen LogP contribution < -0.4 is 0 Å². The van der Waals surface area contributed by atoms with Crippen molar-refractivity contribution in [2.75, 3.05) is 13.1 Å². The Labute approximate surface area is 97.6 Å². The zero-order valence-corrected chi connectivity index (χ0v) is 10.9. The lowest BCUT2D eigenvalue weighted by molar-refractivity contribution is -0.156. The summed E-state index contributed by atoms with van der Waals surface area (Å²) in [5.74, 6) is -2.27. The molecule has 4 nitrogen and oxygen atoms in total. The number of rotatable bonds is 5. The number of nitrogens with zero attached hydrogens (tertiary/aromatic N) is 1. The minimum absolute atomic E-state index is 0.274. The van der Waals surface area contributed by atoms with Crippen LogP contribution in [0.25, 0.3) is 0 Å². The molecule has 0 aliphatic rings. The van der Waals surface area contributed by atoms with Crippen LogP contribution in [0.15, 0.2) is 0 Å². The molecule has 0 radical (unpaired) electrons. The van der Waals surface area contributed by atoms with Crippen molar-refractivity contribution >= 4 is 11.9 Å². The highest BCUT2D eigenvalue weighted by atomic mass is 16.4. The van der Waals surface area contributed by atoms with Crippen molar-refractivity contribution in [1.82, 2.24) is 4.90 Å². The van der Waals surface area contributed by atoms with Crippen molar-refractivity contribution in [2.24, 2.45) is 11.3 Å². The third-order valence-electron chi connectivity index (χ3n) is 2.55. The van der Waals surface area contributed by atoms with Crippen molar-refractivity contribution < 1.29 is 14.7 Å². The minimum Gasteiger partial charge on any atom is -0.481 e. The Hall–Kier alpha value is -1.06. The lowest BCUT2D eigenvalue weighted by Crippen LogP contribution is -2.45. The number of amides is 1. The molecule has 1 amide bonds. The molecule has 1 unspecified atom stereocenters. The van der Waals surface area contributed by atoms with E-state index in [0.29, 0.717) is 13.1 Å². The van der Waals surface area contributed by atoms with Crippen molar-refractivity contribution in [3.8, 4) is 0 Å². The van der Waals surface area contributed by atoms with Crippen LogP contribution in [0.2, 0.25) is 0 Å². The SMILES string of the molecule is CCCN(CC)C(=O)C(C(=O)O)C(C)(C)C. The molecule has 1 atom stereocenters. The second-order valence-electron chi connectivity index (χ2n) is 5.06. The molecule has 0 aromatic heterocycles. The quantitative estimate of drug-likeness (QED) is 0.733. The predicted molar refractivity (Wildman–Crippen MR) is 63.1 cm³/mol. The number of hydrogen-bond acceptors (Lipinski definition) is 2. The lowest BCUT2D eigenvalue weighted by atomic mass is 9.80. The topological polar surface area (TPSA) is 57.6 Å². The van der Waals surface area contributed by atoms with Gasteiger partial charge in [0.1, 0.15) is 5.92 Å². The summed E-state index contributed by atoms with van der Waals surface area (Å²) in [6.45, 7) is 10.4. The van der Waals surface area contributed by atoms with Gasteiger partial charge in [0.2, 0.25) is 5.91 Å². The average molecular weight is 229 g/mol. The Bertz CT molecular complexity index is 255. The summed E-state index contributed by atoms with van der Waals surface area (Å²) in [7, 11) is 0. The van der Waals surface area contributed by atoms with Crippen molar-refractivity contribution in [3.05, 3.63) is 0 Å². The van der Waals surface area contributed by atoms with Gasteiger partial charge in [0.15, 0.2) is 0 Å². The smallest absolute Gasteiger partial charge is 0.316 e. The summed E-state index contributed by atoms with van der Waals surface area (Å²) < 4.78 is 0. The Morgan fingerprint density at radius 2 is 1.75 bits per heavy atom. The highest BCUT2D eigenvalue weighted by Crippen LogP contribution is 2.28. The van der Waals surface area contributed by atoms with Crippen LogP contribution >= 0.6 is 0 Å². The van der Waals surface area contributed by atoms with E-state index in [2.05, 4.69) is 0 Å². The third kappa shape index (κ3) is 3.83.